The topological polar surface area (TPSA) is 41.3 Å². The van der Waals surface area contributed by atoms with E-state index in [1.54, 1.807) is 17.6 Å². The minimum atomic E-state index is 0.622. The van der Waals surface area contributed by atoms with Crippen molar-refractivity contribution in [2.75, 3.05) is 20.1 Å². The number of rotatable bonds is 4. The van der Waals surface area contributed by atoms with Crippen molar-refractivity contribution < 1.29 is 4.42 Å². The molecule has 0 amide bonds. The Balaban J connectivity index is 1.64. The SMILES string of the molecule is CNC1CCCN(Cc2csc(-c3ccco3)n2)C1. The van der Waals surface area contributed by atoms with Crippen LogP contribution in [0, 0.1) is 0 Å². The van der Waals surface area contributed by atoms with Crippen LogP contribution >= 0.6 is 11.3 Å². The van der Waals surface area contributed by atoms with Crippen molar-refractivity contribution in [2.45, 2.75) is 25.4 Å². The average molecular weight is 277 g/mol. The quantitative estimate of drug-likeness (QED) is 0.932. The molecule has 0 saturated carbocycles. The Kier molecular flexibility index (Phi) is 3.96. The molecule has 1 fully saturated rings. The number of furan rings is 1. The number of hydrogen-bond acceptors (Lipinski definition) is 5. The van der Waals surface area contributed by atoms with E-state index in [0.717, 1.165) is 29.6 Å². The summed E-state index contributed by atoms with van der Waals surface area (Å²) in [5.74, 6) is 0.864. The first-order chi connectivity index (χ1) is 9.35. The molecular formula is C14H19N3OS. The van der Waals surface area contributed by atoms with Crippen molar-refractivity contribution in [1.82, 2.24) is 15.2 Å². The largest absolute Gasteiger partial charge is 0.462 e. The van der Waals surface area contributed by atoms with Crippen molar-refractivity contribution in [3.8, 4) is 10.8 Å². The maximum Gasteiger partial charge on any atom is 0.162 e. The van der Waals surface area contributed by atoms with Gasteiger partial charge in [-0.1, -0.05) is 0 Å². The second-order valence-electron chi connectivity index (χ2n) is 4.98. The van der Waals surface area contributed by atoms with Crippen LogP contribution in [0.4, 0.5) is 0 Å². The van der Waals surface area contributed by atoms with Gasteiger partial charge in [0.05, 0.1) is 12.0 Å². The highest BCUT2D eigenvalue weighted by Gasteiger charge is 2.19. The summed E-state index contributed by atoms with van der Waals surface area (Å²) in [6, 6.07) is 4.48. The van der Waals surface area contributed by atoms with Gasteiger partial charge in [0, 0.05) is 24.5 Å². The molecule has 3 rings (SSSR count). The van der Waals surface area contributed by atoms with Crippen LogP contribution in [0.25, 0.3) is 10.8 Å². The number of likely N-dealkylation sites (tertiary alicyclic amines) is 1. The van der Waals surface area contributed by atoms with Gasteiger partial charge < -0.3 is 9.73 Å². The molecule has 19 heavy (non-hydrogen) atoms. The molecule has 5 heteroatoms. The number of aromatic nitrogens is 1. The van der Waals surface area contributed by atoms with Crippen LogP contribution in [0.1, 0.15) is 18.5 Å². The molecule has 3 heterocycles. The average Bonchev–Trinajstić information content (AvgIpc) is 3.09. The van der Waals surface area contributed by atoms with Gasteiger partial charge in [0.1, 0.15) is 0 Å². The monoisotopic (exact) mass is 277 g/mol. The lowest BCUT2D eigenvalue weighted by molar-refractivity contribution is 0.186. The lowest BCUT2D eigenvalue weighted by Crippen LogP contribution is -2.43. The van der Waals surface area contributed by atoms with Crippen molar-refractivity contribution in [2.24, 2.45) is 0 Å². The molecule has 1 atom stereocenters. The predicted molar refractivity (Wildman–Crippen MR) is 77.2 cm³/mol. The highest BCUT2D eigenvalue weighted by Crippen LogP contribution is 2.25. The zero-order valence-electron chi connectivity index (χ0n) is 11.1. The van der Waals surface area contributed by atoms with E-state index in [-0.39, 0.29) is 0 Å². The highest BCUT2D eigenvalue weighted by molar-refractivity contribution is 7.13. The Labute approximate surface area is 117 Å². The molecule has 0 aromatic carbocycles. The third-order valence-corrected chi connectivity index (χ3v) is 4.49. The number of thiazole rings is 1. The number of nitrogens with zero attached hydrogens (tertiary/aromatic N) is 2. The van der Waals surface area contributed by atoms with Gasteiger partial charge in [-0.3, -0.25) is 4.90 Å². The summed E-state index contributed by atoms with van der Waals surface area (Å²) in [6.45, 7) is 3.23. The summed E-state index contributed by atoms with van der Waals surface area (Å²) in [5.41, 5.74) is 1.15. The van der Waals surface area contributed by atoms with Crippen LogP contribution in [0.5, 0.6) is 0 Å². The normalized spacial score (nSPS) is 20.8. The summed E-state index contributed by atoms with van der Waals surface area (Å²) in [7, 11) is 2.05. The summed E-state index contributed by atoms with van der Waals surface area (Å²) >= 11 is 1.66. The van der Waals surface area contributed by atoms with Gasteiger partial charge in [0.25, 0.3) is 0 Å². The first-order valence-corrected chi connectivity index (χ1v) is 7.61. The molecule has 102 valence electrons. The van der Waals surface area contributed by atoms with E-state index >= 15 is 0 Å². The Bertz CT molecular complexity index is 509. The van der Waals surface area contributed by atoms with Crippen molar-refractivity contribution in [3.05, 3.63) is 29.5 Å². The van der Waals surface area contributed by atoms with Gasteiger partial charge >= 0.3 is 0 Å². The third-order valence-electron chi connectivity index (χ3n) is 3.58. The van der Waals surface area contributed by atoms with E-state index in [1.165, 1.54) is 19.4 Å². The minimum absolute atomic E-state index is 0.622. The minimum Gasteiger partial charge on any atom is -0.462 e. The third kappa shape index (κ3) is 3.05. The molecule has 1 saturated heterocycles. The molecular weight excluding hydrogens is 258 g/mol. The van der Waals surface area contributed by atoms with Crippen LogP contribution in [-0.2, 0) is 6.54 Å². The van der Waals surface area contributed by atoms with Crippen molar-refractivity contribution in [1.29, 1.82) is 0 Å². The number of hydrogen-bond donors (Lipinski definition) is 1. The first kappa shape index (κ1) is 12.8. The second-order valence-corrected chi connectivity index (χ2v) is 5.84. The maximum absolute atomic E-state index is 5.38. The van der Waals surface area contributed by atoms with Gasteiger partial charge in [-0.05, 0) is 38.6 Å². The van der Waals surface area contributed by atoms with E-state index in [1.807, 2.05) is 19.2 Å². The smallest absolute Gasteiger partial charge is 0.162 e. The van der Waals surface area contributed by atoms with Gasteiger partial charge in [0.15, 0.2) is 10.8 Å². The molecule has 1 unspecified atom stereocenters. The summed E-state index contributed by atoms with van der Waals surface area (Å²) in [6.07, 6.45) is 4.24. The van der Waals surface area contributed by atoms with E-state index in [0.29, 0.717) is 6.04 Å². The zero-order valence-corrected chi connectivity index (χ0v) is 11.9. The van der Waals surface area contributed by atoms with E-state index < -0.39 is 0 Å². The second kappa shape index (κ2) is 5.86. The Morgan fingerprint density at radius 1 is 1.58 bits per heavy atom. The molecule has 0 radical (unpaired) electrons. The van der Waals surface area contributed by atoms with E-state index in [9.17, 15) is 0 Å². The van der Waals surface area contributed by atoms with Gasteiger partial charge in [-0.15, -0.1) is 11.3 Å². The van der Waals surface area contributed by atoms with Crippen LogP contribution < -0.4 is 5.32 Å². The fourth-order valence-corrected chi connectivity index (χ4v) is 3.33. The summed E-state index contributed by atoms with van der Waals surface area (Å²) in [5, 5.41) is 6.49. The number of nitrogens with one attached hydrogen (secondary N) is 1. The van der Waals surface area contributed by atoms with Gasteiger partial charge in [-0.2, -0.15) is 0 Å². The lowest BCUT2D eigenvalue weighted by atomic mass is 10.1. The molecule has 0 spiro atoms. The zero-order chi connectivity index (χ0) is 13.1. The molecule has 2 aromatic heterocycles. The fourth-order valence-electron chi connectivity index (χ4n) is 2.56. The van der Waals surface area contributed by atoms with Crippen LogP contribution in [0.2, 0.25) is 0 Å². The number of likely N-dealkylation sites (N-methyl/N-ethyl adjacent to an activating group) is 1. The molecule has 0 aliphatic carbocycles. The molecule has 2 aromatic rings. The molecule has 1 aliphatic heterocycles. The standard InChI is InChI=1S/C14H19N3OS/c1-15-11-4-2-6-17(8-11)9-12-10-19-14(16-12)13-5-3-7-18-13/h3,5,7,10-11,15H,2,4,6,8-9H2,1H3. The molecule has 1 N–H and O–H groups in total. The van der Waals surface area contributed by atoms with Crippen LogP contribution in [0.15, 0.2) is 28.2 Å². The Hall–Kier alpha value is -1.17. The van der Waals surface area contributed by atoms with Crippen LogP contribution in [0.3, 0.4) is 0 Å². The summed E-state index contributed by atoms with van der Waals surface area (Å²) in [4.78, 5) is 7.14. The van der Waals surface area contributed by atoms with E-state index in [4.69, 9.17) is 4.42 Å². The fraction of sp³-hybridized carbons (Fsp3) is 0.500. The Morgan fingerprint density at radius 2 is 2.53 bits per heavy atom. The van der Waals surface area contributed by atoms with Gasteiger partial charge in [0.2, 0.25) is 0 Å². The Morgan fingerprint density at radius 3 is 3.32 bits per heavy atom. The van der Waals surface area contributed by atoms with Crippen molar-refractivity contribution in [3.63, 3.8) is 0 Å². The van der Waals surface area contributed by atoms with Crippen LogP contribution in [-0.4, -0.2) is 36.1 Å². The van der Waals surface area contributed by atoms with Crippen molar-refractivity contribution >= 4 is 11.3 Å². The first-order valence-electron chi connectivity index (χ1n) is 6.73. The molecule has 1 aliphatic rings. The predicted octanol–water partition coefficient (Wildman–Crippen LogP) is 2.59. The number of piperidine rings is 1. The summed E-state index contributed by atoms with van der Waals surface area (Å²) < 4.78 is 5.38. The van der Waals surface area contributed by atoms with Gasteiger partial charge in [-0.25, -0.2) is 4.98 Å². The maximum atomic E-state index is 5.38. The molecule has 0 bridgehead atoms. The van der Waals surface area contributed by atoms with E-state index in [2.05, 4.69) is 20.6 Å². The lowest BCUT2D eigenvalue weighted by Gasteiger charge is -2.31. The highest BCUT2D eigenvalue weighted by atomic mass is 32.1. The molecule has 4 nitrogen and oxygen atoms in total.